The summed E-state index contributed by atoms with van der Waals surface area (Å²) >= 11 is 0. The Bertz CT molecular complexity index is 521. The summed E-state index contributed by atoms with van der Waals surface area (Å²) in [6, 6.07) is 4.68. The van der Waals surface area contributed by atoms with Crippen molar-refractivity contribution in [1.82, 2.24) is 0 Å². The van der Waals surface area contributed by atoms with E-state index in [4.69, 9.17) is 9.88 Å². The number of primary sulfonamides is 1. The van der Waals surface area contributed by atoms with E-state index in [0.717, 1.165) is 0 Å². The molecule has 2 N–H and O–H groups in total. The van der Waals surface area contributed by atoms with Crippen LogP contribution in [0.15, 0.2) is 23.1 Å². The number of carbonyl (C=O) groups excluding carboxylic acids is 1. The fraction of sp³-hybridized carbons (Fsp3) is 0.222. The van der Waals surface area contributed by atoms with Gasteiger partial charge in [0.1, 0.15) is 6.61 Å². The van der Waals surface area contributed by atoms with Gasteiger partial charge in [0.15, 0.2) is 0 Å². The van der Waals surface area contributed by atoms with Crippen molar-refractivity contribution in [2.75, 3.05) is 0 Å². The maximum Gasteiger partial charge on any atom is 0.310 e. The van der Waals surface area contributed by atoms with Gasteiger partial charge in [-0.15, -0.1) is 0 Å². The highest BCUT2D eigenvalue weighted by Gasteiger charge is 2.23. The number of esters is 1. The van der Waals surface area contributed by atoms with Gasteiger partial charge in [0.2, 0.25) is 10.0 Å². The highest BCUT2D eigenvalue weighted by Crippen LogP contribution is 2.23. The monoisotopic (exact) mass is 227 g/mol. The molecule has 15 heavy (non-hydrogen) atoms. The van der Waals surface area contributed by atoms with Crippen molar-refractivity contribution in [3.63, 3.8) is 0 Å². The largest absolute Gasteiger partial charge is 0.460 e. The molecule has 0 bridgehead atoms. The van der Waals surface area contributed by atoms with Crippen LogP contribution in [0, 0.1) is 0 Å². The topological polar surface area (TPSA) is 86.5 Å². The van der Waals surface area contributed by atoms with Crippen LogP contribution < -0.4 is 5.14 Å². The van der Waals surface area contributed by atoms with Gasteiger partial charge in [-0.2, -0.15) is 0 Å². The Kier molecular flexibility index (Phi) is 2.24. The zero-order chi connectivity index (χ0) is 11.1. The minimum Gasteiger partial charge on any atom is -0.460 e. The lowest BCUT2D eigenvalue weighted by atomic mass is 10.0. The number of cyclic esters (lactones) is 1. The number of benzene rings is 1. The Hall–Kier alpha value is -1.40. The Labute approximate surface area is 86.9 Å². The van der Waals surface area contributed by atoms with Gasteiger partial charge >= 0.3 is 5.97 Å². The third-order valence-corrected chi connectivity index (χ3v) is 3.24. The summed E-state index contributed by atoms with van der Waals surface area (Å²) in [4.78, 5) is 11.0. The third kappa shape index (κ3) is 1.86. The molecule has 1 aliphatic rings. The van der Waals surface area contributed by atoms with Crippen LogP contribution in [0.2, 0.25) is 0 Å². The molecule has 0 aromatic heterocycles. The van der Waals surface area contributed by atoms with Gasteiger partial charge < -0.3 is 4.74 Å². The van der Waals surface area contributed by atoms with Crippen molar-refractivity contribution in [2.24, 2.45) is 5.14 Å². The van der Waals surface area contributed by atoms with Crippen molar-refractivity contribution >= 4 is 16.0 Å². The number of sulfonamides is 1. The molecule has 0 saturated heterocycles. The smallest absolute Gasteiger partial charge is 0.310 e. The van der Waals surface area contributed by atoms with Gasteiger partial charge in [-0.25, -0.2) is 13.6 Å². The lowest BCUT2D eigenvalue weighted by Gasteiger charge is -2.17. The summed E-state index contributed by atoms with van der Waals surface area (Å²) in [5.41, 5.74) is 1.15. The molecule has 0 atom stereocenters. The second-order valence-corrected chi connectivity index (χ2v) is 4.81. The van der Waals surface area contributed by atoms with E-state index in [1.54, 1.807) is 12.1 Å². The van der Waals surface area contributed by atoms with Gasteiger partial charge in [0, 0.05) is 5.56 Å². The summed E-state index contributed by atoms with van der Waals surface area (Å²) < 4.78 is 27.2. The van der Waals surface area contributed by atoms with E-state index in [1.807, 2.05) is 0 Å². The fourth-order valence-electron chi connectivity index (χ4n) is 1.57. The van der Waals surface area contributed by atoms with Crippen molar-refractivity contribution < 1.29 is 17.9 Å². The molecule has 1 aliphatic heterocycles. The maximum absolute atomic E-state index is 11.2. The van der Waals surface area contributed by atoms with Crippen molar-refractivity contribution in [2.45, 2.75) is 17.9 Å². The molecule has 6 heteroatoms. The lowest BCUT2D eigenvalue weighted by Crippen LogP contribution is -2.21. The Morgan fingerprint density at radius 2 is 2.07 bits per heavy atom. The minimum atomic E-state index is -3.75. The van der Waals surface area contributed by atoms with Gasteiger partial charge in [-0.05, 0) is 11.6 Å². The first-order valence-corrected chi connectivity index (χ1v) is 5.82. The van der Waals surface area contributed by atoms with Gasteiger partial charge in [-0.1, -0.05) is 12.1 Å². The normalized spacial score (nSPS) is 15.7. The molecule has 1 heterocycles. The standard InChI is InChI=1S/C9H9NO4S/c10-15(12,13)8-3-1-2-6-4-9(11)14-5-7(6)8/h1-3H,4-5H2,(H2,10,12,13). The zero-order valence-corrected chi connectivity index (χ0v) is 8.58. The molecule has 0 saturated carbocycles. The number of nitrogens with two attached hydrogens (primary N) is 1. The van der Waals surface area contributed by atoms with E-state index in [0.29, 0.717) is 11.1 Å². The molecule has 1 aromatic rings. The van der Waals surface area contributed by atoms with E-state index in [9.17, 15) is 13.2 Å². The number of rotatable bonds is 1. The van der Waals surface area contributed by atoms with Gasteiger partial charge in [-0.3, -0.25) is 4.79 Å². The first-order valence-electron chi connectivity index (χ1n) is 4.27. The predicted molar refractivity (Wildman–Crippen MR) is 51.3 cm³/mol. The molecule has 0 radical (unpaired) electrons. The average molecular weight is 227 g/mol. The molecule has 0 unspecified atom stereocenters. The minimum absolute atomic E-state index is 0.0270. The summed E-state index contributed by atoms with van der Waals surface area (Å²) in [6.07, 6.45) is 0.0959. The summed E-state index contributed by atoms with van der Waals surface area (Å²) in [6.45, 7) is -0.0270. The average Bonchev–Trinajstić information content (AvgIpc) is 2.15. The Balaban J connectivity index is 2.61. The summed E-state index contributed by atoms with van der Waals surface area (Å²) in [7, 11) is -3.75. The summed E-state index contributed by atoms with van der Waals surface area (Å²) in [5.74, 6) is -0.353. The van der Waals surface area contributed by atoms with E-state index in [2.05, 4.69) is 0 Å². The molecule has 0 aliphatic carbocycles. The molecule has 1 aromatic carbocycles. The molecule has 2 rings (SSSR count). The van der Waals surface area contributed by atoms with E-state index >= 15 is 0 Å². The van der Waals surface area contributed by atoms with Crippen LogP contribution in [0.1, 0.15) is 11.1 Å². The number of carbonyl (C=O) groups is 1. The highest BCUT2D eigenvalue weighted by atomic mass is 32.2. The molecule has 0 amide bonds. The van der Waals surface area contributed by atoms with Crippen LogP contribution in [-0.2, 0) is 32.6 Å². The highest BCUT2D eigenvalue weighted by molar-refractivity contribution is 7.89. The second kappa shape index (κ2) is 3.32. The van der Waals surface area contributed by atoms with Crippen LogP contribution >= 0.6 is 0 Å². The third-order valence-electron chi connectivity index (χ3n) is 2.25. The van der Waals surface area contributed by atoms with E-state index in [1.165, 1.54) is 6.07 Å². The van der Waals surface area contributed by atoms with Gasteiger partial charge in [0.25, 0.3) is 0 Å². The fourth-order valence-corrected chi connectivity index (χ4v) is 2.37. The van der Waals surface area contributed by atoms with Crippen LogP contribution in [0.3, 0.4) is 0 Å². The first kappa shape index (κ1) is 10.1. The SMILES string of the molecule is NS(=O)(=O)c1cccc2c1COC(=O)C2. The second-order valence-electron chi connectivity index (χ2n) is 3.28. The Morgan fingerprint density at radius 1 is 1.33 bits per heavy atom. The van der Waals surface area contributed by atoms with Crippen LogP contribution in [-0.4, -0.2) is 14.4 Å². The van der Waals surface area contributed by atoms with Crippen molar-refractivity contribution in [1.29, 1.82) is 0 Å². The Morgan fingerprint density at radius 3 is 2.73 bits per heavy atom. The van der Waals surface area contributed by atoms with Crippen molar-refractivity contribution in [3.05, 3.63) is 29.3 Å². The number of ether oxygens (including phenoxy) is 1. The molecular weight excluding hydrogens is 218 g/mol. The maximum atomic E-state index is 11.2. The molecular formula is C9H9NO4S. The molecule has 5 nitrogen and oxygen atoms in total. The summed E-state index contributed by atoms with van der Waals surface area (Å²) in [5, 5.41) is 5.05. The van der Waals surface area contributed by atoms with E-state index < -0.39 is 10.0 Å². The van der Waals surface area contributed by atoms with E-state index in [-0.39, 0.29) is 23.9 Å². The van der Waals surface area contributed by atoms with Gasteiger partial charge in [0.05, 0.1) is 11.3 Å². The van der Waals surface area contributed by atoms with Crippen molar-refractivity contribution in [3.8, 4) is 0 Å². The first-order chi connectivity index (χ1) is 6.98. The lowest BCUT2D eigenvalue weighted by molar-refractivity contribution is -0.145. The quantitative estimate of drug-likeness (QED) is 0.680. The van der Waals surface area contributed by atoms with Crippen LogP contribution in [0.4, 0.5) is 0 Å². The zero-order valence-electron chi connectivity index (χ0n) is 7.76. The van der Waals surface area contributed by atoms with Crippen LogP contribution in [0.25, 0.3) is 0 Å². The molecule has 0 spiro atoms. The number of hydrogen-bond acceptors (Lipinski definition) is 4. The predicted octanol–water partition coefficient (Wildman–Crippen LogP) is -0.0667. The molecule has 80 valence electrons. The van der Waals surface area contributed by atoms with Crippen LogP contribution in [0.5, 0.6) is 0 Å². The number of hydrogen-bond donors (Lipinski definition) is 1. The number of fused-ring (bicyclic) bond motifs is 1. The molecule has 0 fully saturated rings.